The summed E-state index contributed by atoms with van der Waals surface area (Å²) in [7, 11) is 0. The number of benzene rings is 2. The van der Waals surface area contributed by atoms with Crippen LogP contribution in [0.15, 0.2) is 60.8 Å². The van der Waals surface area contributed by atoms with Crippen molar-refractivity contribution >= 4 is 22.6 Å². The van der Waals surface area contributed by atoms with Gasteiger partial charge in [-0.2, -0.15) is 13.2 Å². The molecule has 0 saturated heterocycles. The van der Waals surface area contributed by atoms with Crippen LogP contribution in [-0.4, -0.2) is 14.5 Å². The second-order valence-electron chi connectivity index (χ2n) is 5.57. The lowest BCUT2D eigenvalue weighted by Crippen LogP contribution is -2.06. The Kier molecular flexibility index (Phi) is 3.92. The van der Waals surface area contributed by atoms with E-state index in [0.717, 1.165) is 6.07 Å². The third-order valence-electron chi connectivity index (χ3n) is 3.89. The molecule has 0 bridgehead atoms. The molecule has 1 radical (unpaired) electrons. The van der Waals surface area contributed by atoms with Gasteiger partial charge in [0.05, 0.1) is 21.6 Å². The summed E-state index contributed by atoms with van der Waals surface area (Å²) in [5.74, 6) is 0.426. The van der Waals surface area contributed by atoms with Crippen molar-refractivity contribution < 1.29 is 13.2 Å². The van der Waals surface area contributed by atoms with Crippen molar-refractivity contribution in [3.8, 4) is 17.2 Å². The number of hydrogen-bond donors (Lipinski definition) is 0. The van der Waals surface area contributed by atoms with Crippen LogP contribution in [0.25, 0.3) is 28.2 Å². The van der Waals surface area contributed by atoms with Crippen LogP contribution in [-0.2, 0) is 6.18 Å². The van der Waals surface area contributed by atoms with E-state index in [1.807, 2.05) is 6.07 Å². The van der Waals surface area contributed by atoms with Crippen molar-refractivity contribution in [3.63, 3.8) is 0 Å². The summed E-state index contributed by atoms with van der Waals surface area (Å²) in [5.41, 5.74) is 0.974. The highest BCUT2D eigenvalue weighted by molar-refractivity contribution is 6.32. The maximum atomic E-state index is 13.2. The highest BCUT2D eigenvalue weighted by Crippen LogP contribution is 2.38. The van der Waals surface area contributed by atoms with Gasteiger partial charge in [0.1, 0.15) is 5.69 Å². The minimum Gasteiger partial charge on any atom is -0.291 e. The number of nitrogens with zero attached hydrogens (tertiary/aromatic N) is 3. The van der Waals surface area contributed by atoms with E-state index in [0.29, 0.717) is 22.7 Å². The van der Waals surface area contributed by atoms with Gasteiger partial charge in [0.25, 0.3) is 0 Å². The van der Waals surface area contributed by atoms with E-state index in [9.17, 15) is 13.2 Å². The highest BCUT2D eigenvalue weighted by atomic mass is 35.5. The van der Waals surface area contributed by atoms with E-state index in [-0.39, 0.29) is 10.5 Å². The Morgan fingerprint density at radius 2 is 1.92 bits per heavy atom. The Morgan fingerprint density at radius 1 is 1.08 bits per heavy atom. The van der Waals surface area contributed by atoms with Crippen molar-refractivity contribution in [1.29, 1.82) is 0 Å². The fourth-order valence-electron chi connectivity index (χ4n) is 2.77. The standard InChI is InChI=1S/C19H10ClF3N3/c20-14-11-17-16(10-13(14)19(21,22)23)25-18(15-8-4-5-9-24-15)26(17)12-6-2-1-3-7-12/h1-2,4-11H. The average Bonchev–Trinajstić information content (AvgIpc) is 3.00. The second kappa shape index (κ2) is 6.14. The molecule has 26 heavy (non-hydrogen) atoms. The van der Waals surface area contributed by atoms with Crippen LogP contribution in [0.3, 0.4) is 0 Å². The molecule has 0 spiro atoms. The zero-order valence-electron chi connectivity index (χ0n) is 13.1. The van der Waals surface area contributed by atoms with Crippen molar-refractivity contribution in [1.82, 2.24) is 14.5 Å². The van der Waals surface area contributed by atoms with Gasteiger partial charge < -0.3 is 0 Å². The predicted molar refractivity (Wildman–Crippen MR) is 93.1 cm³/mol. The van der Waals surface area contributed by atoms with E-state index in [1.165, 1.54) is 6.07 Å². The first-order chi connectivity index (χ1) is 12.4. The van der Waals surface area contributed by atoms with Gasteiger partial charge in [-0.15, -0.1) is 0 Å². The van der Waals surface area contributed by atoms with Gasteiger partial charge in [-0.25, -0.2) is 4.98 Å². The molecule has 0 atom stereocenters. The number of fused-ring (bicyclic) bond motifs is 1. The molecule has 0 N–H and O–H groups in total. The van der Waals surface area contributed by atoms with Crippen LogP contribution in [0.4, 0.5) is 13.2 Å². The molecule has 0 amide bonds. The normalized spacial score (nSPS) is 11.8. The third kappa shape index (κ3) is 2.82. The zero-order valence-corrected chi connectivity index (χ0v) is 13.9. The van der Waals surface area contributed by atoms with E-state index in [4.69, 9.17) is 11.6 Å². The number of hydrogen-bond acceptors (Lipinski definition) is 2. The summed E-state index contributed by atoms with van der Waals surface area (Å²) in [6.07, 6.45) is -2.95. The first-order valence-electron chi connectivity index (χ1n) is 7.62. The van der Waals surface area contributed by atoms with E-state index in [1.54, 1.807) is 47.2 Å². The van der Waals surface area contributed by atoms with Gasteiger partial charge >= 0.3 is 6.18 Å². The number of rotatable bonds is 2. The molecular weight excluding hydrogens is 363 g/mol. The van der Waals surface area contributed by atoms with Crippen molar-refractivity contribution in [2.45, 2.75) is 6.18 Å². The molecule has 0 fully saturated rings. The molecule has 7 heteroatoms. The molecule has 3 nitrogen and oxygen atoms in total. The number of pyridine rings is 1. The fraction of sp³-hybridized carbons (Fsp3) is 0.0526. The molecule has 4 rings (SSSR count). The summed E-state index contributed by atoms with van der Waals surface area (Å²) >= 11 is 5.92. The summed E-state index contributed by atoms with van der Waals surface area (Å²) in [6, 6.07) is 17.6. The number of halogens is 4. The van der Waals surface area contributed by atoms with Crippen LogP contribution < -0.4 is 0 Å². The van der Waals surface area contributed by atoms with Gasteiger partial charge in [-0.3, -0.25) is 9.55 Å². The topological polar surface area (TPSA) is 30.7 Å². The van der Waals surface area contributed by atoms with E-state index >= 15 is 0 Å². The lowest BCUT2D eigenvalue weighted by molar-refractivity contribution is -0.137. The van der Waals surface area contributed by atoms with Crippen molar-refractivity contribution in [2.75, 3.05) is 0 Å². The van der Waals surface area contributed by atoms with Crippen LogP contribution in [0.1, 0.15) is 5.56 Å². The molecular formula is C19H10ClF3N3. The number of alkyl halides is 3. The summed E-state index contributed by atoms with van der Waals surface area (Å²) < 4.78 is 41.3. The van der Waals surface area contributed by atoms with Crippen molar-refractivity contribution in [2.24, 2.45) is 0 Å². The van der Waals surface area contributed by atoms with Crippen molar-refractivity contribution in [3.05, 3.63) is 77.4 Å². The maximum absolute atomic E-state index is 13.2. The predicted octanol–water partition coefficient (Wildman–Crippen LogP) is 5.56. The minimum absolute atomic E-state index is 0.186. The van der Waals surface area contributed by atoms with E-state index < -0.39 is 11.7 Å². The lowest BCUT2D eigenvalue weighted by Gasteiger charge is -2.11. The first-order valence-corrected chi connectivity index (χ1v) is 8.00. The Hall–Kier alpha value is -2.86. The van der Waals surface area contributed by atoms with Crippen LogP contribution in [0.2, 0.25) is 5.02 Å². The maximum Gasteiger partial charge on any atom is 0.417 e. The van der Waals surface area contributed by atoms with Gasteiger partial charge in [0.15, 0.2) is 5.82 Å². The molecule has 0 unspecified atom stereocenters. The minimum atomic E-state index is -4.55. The Labute approximate surface area is 151 Å². The average molecular weight is 373 g/mol. The number of imidazole rings is 1. The first kappa shape index (κ1) is 16.6. The SMILES string of the molecule is FC(F)(F)c1cc2nc(-c3ccccn3)n(-c3c[c]ccc3)c2cc1Cl. The van der Waals surface area contributed by atoms with Gasteiger partial charge in [0.2, 0.25) is 0 Å². The van der Waals surface area contributed by atoms with Gasteiger partial charge in [-0.1, -0.05) is 29.8 Å². The molecule has 0 saturated carbocycles. The molecule has 2 aromatic carbocycles. The largest absolute Gasteiger partial charge is 0.417 e. The van der Waals surface area contributed by atoms with Gasteiger partial charge in [-0.05, 0) is 42.5 Å². The second-order valence-corrected chi connectivity index (χ2v) is 5.97. The molecule has 0 aliphatic carbocycles. The monoisotopic (exact) mass is 372 g/mol. The van der Waals surface area contributed by atoms with Crippen LogP contribution in [0.5, 0.6) is 0 Å². The Morgan fingerprint density at radius 3 is 2.58 bits per heavy atom. The quantitative estimate of drug-likeness (QED) is 0.461. The highest BCUT2D eigenvalue weighted by Gasteiger charge is 2.34. The smallest absolute Gasteiger partial charge is 0.291 e. The van der Waals surface area contributed by atoms with E-state index in [2.05, 4.69) is 16.0 Å². The Balaban J connectivity index is 2.07. The molecule has 4 aromatic rings. The van der Waals surface area contributed by atoms with Gasteiger partial charge in [0, 0.05) is 11.9 Å². The van der Waals surface area contributed by atoms with Crippen LogP contribution in [0, 0.1) is 6.07 Å². The molecule has 2 heterocycles. The lowest BCUT2D eigenvalue weighted by atomic mass is 10.2. The van der Waals surface area contributed by atoms with Crippen LogP contribution >= 0.6 is 11.6 Å². The fourth-order valence-corrected chi connectivity index (χ4v) is 3.03. The summed E-state index contributed by atoms with van der Waals surface area (Å²) in [4.78, 5) is 8.68. The third-order valence-corrected chi connectivity index (χ3v) is 4.20. The molecule has 0 aliphatic heterocycles. The molecule has 0 aliphatic rings. The summed E-state index contributed by atoms with van der Waals surface area (Å²) in [6.45, 7) is 0. The molecule has 2 aromatic heterocycles. The zero-order chi connectivity index (χ0) is 18.3. The summed E-state index contributed by atoms with van der Waals surface area (Å²) in [5, 5.41) is -0.376. The Bertz CT molecular complexity index is 1070. The molecule has 129 valence electrons. The number of aromatic nitrogens is 3.